The van der Waals surface area contributed by atoms with E-state index in [2.05, 4.69) is 0 Å². The molecule has 1 N–H and O–H groups in total. The van der Waals surface area contributed by atoms with Crippen LogP contribution in [0.1, 0.15) is 36.6 Å². The summed E-state index contributed by atoms with van der Waals surface area (Å²) in [4.78, 5) is 12.4. The average Bonchev–Trinajstić information content (AvgIpc) is 2.84. The van der Waals surface area contributed by atoms with Gasteiger partial charge < -0.3 is 5.11 Å². The van der Waals surface area contributed by atoms with Crippen LogP contribution < -0.4 is 5.69 Å². The smallest absolute Gasteiger partial charge is 0.329 e. The summed E-state index contributed by atoms with van der Waals surface area (Å²) in [5.74, 6) is 0. The molecule has 2 aromatic carbocycles. The van der Waals surface area contributed by atoms with Crippen LogP contribution in [0, 0.1) is 6.92 Å². The van der Waals surface area contributed by atoms with Gasteiger partial charge in [0.05, 0.1) is 11.0 Å². The fourth-order valence-electron chi connectivity index (χ4n) is 3.19. The van der Waals surface area contributed by atoms with E-state index in [1.807, 2.05) is 63.2 Å². The van der Waals surface area contributed by atoms with Crippen LogP contribution in [0.4, 0.5) is 0 Å². The molecule has 0 saturated carbocycles. The van der Waals surface area contributed by atoms with E-state index >= 15 is 0 Å². The monoisotopic (exact) mass is 310 g/mol. The first-order chi connectivity index (χ1) is 11.1. The fraction of sp³-hybridized carbons (Fsp3) is 0.316. The van der Waals surface area contributed by atoms with E-state index < -0.39 is 6.10 Å². The molecule has 0 amide bonds. The quantitative estimate of drug-likeness (QED) is 0.804. The van der Waals surface area contributed by atoms with Gasteiger partial charge in [0.25, 0.3) is 0 Å². The first-order valence-corrected chi connectivity index (χ1v) is 8.05. The third kappa shape index (κ3) is 2.49. The Morgan fingerprint density at radius 2 is 1.65 bits per heavy atom. The third-order valence-corrected chi connectivity index (χ3v) is 4.47. The van der Waals surface area contributed by atoms with Crippen molar-refractivity contribution in [3.8, 4) is 0 Å². The second kappa shape index (κ2) is 6.05. The lowest BCUT2D eigenvalue weighted by Gasteiger charge is -2.14. The Kier molecular flexibility index (Phi) is 4.09. The normalized spacial score (nSPS) is 12.7. The van der Waals surface area contributed by atoms with Gasteiger partial charge in [-0.15, -0.1) is 0 Å². The summed E-state index contributed by atoms with van der Waals surface area (Å²) in [7, 11) is 0. The Morgan fingerprint density at radius 1 is 1.00 bits per heavy atom. The Hall–Kier alpha value is -2.33. The minimum absolute atomic E-state index is 0.00697. The summed E-state index contributed by atoms with van der Waals surface area (Å²) >= 11 is 0. The summed E-state index contributed by atoms with van der Waals surface area (Å²) in [5.41, 5.74) is 4.56. The van der Waals surface area contributed by atoms with Crippen molar-refractivity contribution in [3.63, 3.8) is 0 Å². The molecule has 0 bridgehead atoms. The maximum absolute atomic E-state index is 12.4. The standard InChI is InChI=1S/C19H22N2O2/c1-4-20-16-11-10-14(12-17(16)21(5-2)19(20)23)18(22)15-9-7-6-8-13(15)3/h6-12,18,22H,4-5H2,1-3H3. The predicted octanol–water partition coefficient (Wildman–Crippen LogP) is 3.23. The maximum Gasteiger partial charge on any atom is 0.329 e. The van der Waals surface area contributed by atoms with Crippen LogP contribution in [0.25, 0.3) is 11.0 Å². The van der Waals surface area contributed by atoms with E-state index in [0.717, 1.165) is 27.7 Å². The molecule has 1 aromatic heterocycles. The van der Waals surface area contributed by atoms with Crippen molar-refractivity contribution in [1.29, 1.82) is 0 Å². The van der Waals surface area contributed by atoms with Gasteiger partial charge in [0.1, 0.15) is 6.10 Å². The number of aromatic nitrogens is 2. The van der Waals surface area contributed by atoms with Crippen molar-refractivity contribution in [2.45, 2.75) is 40.0 Å². The van der Waals surface area contributed by atoms with Gasteiger partial charge in [0.2, 0.25) is 0 Å². The molecule has 0 aliphatic heterocycles. The minimum atomic E-state index is -0.689. The van der Waals surface area contributed by atoms with Crippen molar-refractivity contribution in [2.75, 3.05) is 0 Å². The van der Waals surface area contributed by atoms with Crippen molar-refractivity contribution in [1.82, 2.24) is 9.13 Å². The predicted molar refractivity (Wildman–Crippen MR) is 92.8 cm³/mol. The van der Waals surface area contributed by atoms with E-state index in [1.165, 1.54) is 0 Å². The Labute approximate surface area is 135 Å². The maximum atomic E-state index is 12.4. The van der Waals surface area contributed by atoms with Crippen LogP contribution in [0.3, 0.4) is 0 Å². The fourth-order valence-corrected chi connectivity index (χ4v) is 3.19. The van der Waals surface area contributed by atoms with E-state index in [9.17, 15) is 9.90 Å². The summed E-state index contributed by atoms with van der Waals surface area (Å²) in [6.07, 6.45) is -0.689. The molecule has 0 aliphatic rings. The number of imidazole rings is 1. The number of hydrogen-bond donors (Lipinski definition) is 1. The second-order valence-electron chi connectivity index (χ2n) is 5.78. The molecule has 0 saturated heterocycles. The lowest BCUT2D eigenvalue weighted by molar-refractivity contribution is 0.219. The lowest BCUT2D eigenvalue weighted by atomic mass is 9.97. The number of aliphatic hydroxyl groups excluding tert-OH is 1. The largest absolute Gasteiger partial charge is 0.384 e. The zero-order valence-corrected chi connectivity index (χ0v) is 13.8. The van der Waals surface area contributed by atoms with Crippen LogP contribution in [0.15, 0.2) is 47.3 Å². The van der Waals surface area contributed by atoms with Crippen LogP contribution in [-0.2, 0) is 13.1 Å². The van der Waals surface area contributed by atoms with Crippen molar-refractivity contribution < 1.29 is 5.11 Å². The molecular weight excluding hydrogens is 288 g/mol. The summed E-state index contributed by atoms with van der Waals surface area (Å²) in [6, 6.07) is 13.6. The Bertz CT molecular complexity index is 905. The van der Waals surface area contributed by atoms with Crippen molar-refractivity contribution >= 4 is 11.0 Å². The van der Waals surface area contributed by atoms with Gasteiger partial charge in [-0.2, -0.15) is 0 Å². The molecule has 0 aliphatic carbocycles. The van der Waals surface area contributed by atoms with Gasteiger partial charge in [-0.3, -0.25) is 9.13 Å². The molecule has 1 heterocycles. The molecule has 3 aromatic rings. The van der Waals surface area contributed by atoms with Crippen molar-refractivity contribution in [3.05, 3.63) is 69.6 Å². The second-order valence-corrected chi connectivity index (χ2v) is 5.78. The van der Waals surface area contributed by atoms with E-state index in [-0.39, 0.29) is 5.69 Å². The zero-order chi connectivity index (χ0) is 16.6. The molecule has 3 rings (SSSR count). The molecule has 0 radical (unpaired) electrons. The van der Waals surface area contributed by atoms with Gasteiger partial charge in [0.15, 0.2) is 0 Å². The molecule has 0 fully saturated rings. The van der Waals surface area contributed by atoms with E-state index in [1.54, 1.807) is 9.13 Å². The highest BCUT2D eigenvalue weighted by molar-refractivity contribution is 5.77. The lowest BCUT2D eigenvalue weighted by Crippen LogP contribution is -2.23. The number of fused-ring (bicyclic) bond motifs is 1. The van der Waals surface area contributed by atoms with Gasteiger partial charge >= 0.3 is 5.69 Å². The van der Waals surface area contributed by atoms with Crippen LogP contribution in [-0.4, -0.2) is 14.2 Å². The number of benzene rings is 2. The Morgan fingerprint density at radius 3 is 2.30 bits per heavy atom. The van der Waals surface area contributed by atoms with E-state index in [0.29, 0.717) is 13.1 Å². The highest BCUT2D eigenvalue weighted by atomic mass is 16.3. The van der Waals surface area contributed by atoms with Gasteiger partial charge in [-0.05, 0) is 49.6 Å². The molecule has 120 valence electrons. The Balaban J connectivity index is 2.17. The number of rotatable bonds is 4. The first kappa shape index (κ1) is 15.6. The highest BCUT2D eigenvalue weighted by Crippen LogP contribution is 2.27. The van der Waals surface area contributed by atoms with Crippen LogP contribution in [0.5, 0.6) is 0 Å². The first-order valence-electron chi connectivity index (χ1n) is 8.05. The van der Waals surface area contributed by atoms with Crippen LogP contribution >= 0.6 is 0 Å². The molecular formula is C19H22N2O2. The van der Waals surface area contributed by atoms with Gasteiger partial charge in [-0.25, -0.2) is 4.79 Å². The van der Waals surface area contributed by atoms with Gasteiger partial charge in [-0.1, -0.05) is 30.3 Å². The molecule has 0 spiro atoms. The summed E-state index contributed by atoms with van der Waals surface area (Å²) < 4.78 is 3.52. The van der Waals surface area contributed by atoms with Crippen LogP contribution in [0.2, 0.25) is 0 Å². The number of nitrogens with zero attached hydrogens (tertiary/aromatic N) is 2. The highest BCUT2D eigenvalue weighted by Gasteiger charge is 2.16. The van der Waals surface area contributed by atoms with E-state index in [4.69, 9.17) is 0 Å². The summed E-state index contributed by atoms with van der Waals surface area (Å²) in [5, 5.41) is 10.7. The SMILES string of the molecule is CCn1c(=O)n(CC)c2cc(C(O)c3ccccc3C)ccc21. The number of hydrogen-bond acceptors (Lipinski definition) is 2. The minimum Gasteiger partial charge on any atom is -0.384 e. The number of aliphatic hydroxyl groups is 1. The summed E-state index contributed by atoms with van der Waals surface area (Å²) in [6.45, 7) is 7.18. The number of aryl methyl sites for hydroxylation is 3. The average molecular weight is 310 g/mol. The topological polar surface area (TPSA) is 47.2 Å². The molecule has 1 unspecified atom stereocenters. The molecule has 1 atom stereocenters. The van der Waals surface area contributed by atoms with Gasteiger partial charge in [0, 0.05) is 13.1 Å². The molecule has 4 nitrogen and oxygen atoms in total. The molecule has 4 heteroatoms. The molecule has 23 heavy (non-hydrogen) atoms. The van der Waals surface area contributed by atoms with Crippen molar-refractivity contribution in [2.24, 2.45) is 0 Å². The third-order valence-electron chi connectivity index (χ3n) is 4.47. The zero-order valence-electron chi connectivity index (χ0n) is 13.8.